The lowest BCUT2D eigenvalue weighted by atomic mass is 9.81. The molecule has 3 amide bonds. The van der Waals surface area contributed by atoms with E-state index in [0.717, 1.165) is 37.7 Å². The number of aliphatic hydroxyl groups is 1. The molecule has 0 spiro atoms. The number of halogens is 1. The fraction of sp³-hybridized carbons (Fsp3) is 0.471. The minimum Gasteiger partial charge on any atom is -0.388 e. The molecule has 44 heavy (non-hydrogen) atoms. The number of carbonyl (C=O) groups excluding carboxylic acids is 3. The highest BCUT2D eigenvalue weighted by atomic mass is 32.1. The molecule has 1 aromatic heterocycles. The number of thiazole rings is 1. The third-order valence-electron chi connectivity index (χ3n) is 8.70. The van der Waals surface area contributed by atoms with Crippen molar-refractivity contribution in [1.82, 2.24) is 20.1 Å². The van der Waals surface area contributed by atoms with Gasteiger partial charge < -0.3 is 20.2 Å². The Balaban J connectivity index is 1.40. The lowest BCUT2D eigenvalue weighted by Crippen LogP contribution is -2.56. The van der Waals surface area contributed by atoms with E-state index in [1.165, 1.54) is 4.90 Å². The van der Waals surface area contributed by atoms with Crippen LogP contribution >= 0.6 is 11.3 Å². The van der Waals surface area contributed by atoms with Gasteiger partial charge in [-0.1, -0.05) is 65.0 Å². The highest BCUT2D eigenvalue weighted by molar-refractivity contribution is 7.13. The normalized spacial score (nSPS) is 21.5. The van der Waals surface area contributed by atoms with Crippen LogP contribution in [0.25, 0.3) is 10.4 Å². The van der Waals surface area contributed by atoms with Gasteiger partial charge in [-0.15, -0.1) is 11.3 Å². The van der Waals surface area contributed by atoms with Gasteiger partial charge in [-0.3, -0.25) is 14.4 Å². The zero-order valence-corrected chi connectivity index (χ0v) is 27.1. The first-order valence-corrected chi connectivity index (χ1v) is 16.0. The standard InChI is InChI=1S/C34H41FN4O4S/c1-18(2)28(38-15-22-10-8-9-11-24(22)32(38)42)33(43)39-16-26(40)27(35)29(39)31(41)37-19(3)23-13-12-21(14-25(23)34(5,6)7)30-20(4)36-17-44-30/h8-14,17-19,26-29,40H,15-16H2,1-7H3,(H,37,41)/t19-,26-,27-,28-,29-/m0/s1. The Kier molecular flexibility index (Phi) is 8.70. The maximum atomic E-state index is 15.6. The van der Waals surface area contributed by atoms with Crippen molar-refractivity contribution >= 4 is 29.1 Å². The van der Waals surface area contributed by atoms with E-state index in [9.17, 15) is 19.5 Å². The van der Waals surface area contributed by atoms with E-state index < -0.39 is 42.2 Å². The van der Waals surface area contributed by atoms with Gasteiger partial charge in [0.15, 0.2) is 6.17 Å². The second-order valence-corrected chi connectivity index (χ2v) is 14.1. The van der Waals surface area contributed by atoms with Gasteiger partial charge in [0.1, 0.15) is 18.2 Å². The van der Waals surface area contributed by atoms with Crippen molar-refractivity contribution in [2.24, 2.45) is 5.92 Å². The van der Waals surface area contributed by atoms with Crippen LogP contribution in [0.2, 0.25) is 0 Å². The van der Waals surface area contributed by atoms with E-state index >= 15 is 4.39 Å². The number of nitrogens with zero attached hydrogens (tertiary/aromatic N) is 3. The Hall–Kier alpha value is -3.63. The molecule has 1 saturated heterocycles. The molecule has 0 unspecified atom stereocenters. The molecule has 0 saturated carbocycles. The molecule has 5 rings (SSSR count). The lowest BCUT2D eigenvalue weighted by molar-refractivity contribution is -0.144. The highest BCUT2D eigenvalue weighted by Gasteiger charge is 2.51. The molecular weight excluding hydrogens is 579 g/mol. The Morgan fingerprint density at radius 2 is 1.84 bits per heavy atom. The number of amides is 3. The summed E-state index contributed by atoms with van der Waals surface area (Å²) in [4.78, 5) is 49.2. The Morgan fingerprint density at radius 1 is 1.14 bits per heavy atom. The van der Waals surface area contributed by atoms with Crippen molar-refractivity contribution in [1.29, 1.82) is 0 Å². The molecule has 10 heteroatoms. The van der Waals surface area contributed by atoms with Gasteiger partial charge in [-0.25, -0.2) is 9.37 Å². The summed E-state index contributed by atoms with van der Waals surface area (Å²) >= 11 is 1.57. The number of hydrogen-bond donors (Lipinski definition) is 2. The van der Waals surface area contributed by atoms with Crippen LogP contribution in [-0.4, -0.2) is 68.5 Å². The van der Waals surface area contributed by atoms with E-state index in [0.29, 0.717) is 5.56 Å². The Morgan fingerprint density at radius 3 is 2.45 bits per heavy atom. The van der Waals surface area contributed by atoms with Crippen molar-refractivity contribution in [3.63, 3.8) is 0 Å². The highest BCUT2D eigenvalue weighted by Crippen LogP contribution is 2.36. The first-order valence-electron chi connectivity index (χ1n) is 15.1. The summed E-state index contributed by atoms with van der Waals surface area (Å²) in [6.45, 7) is 13.7. The second-order valence-electron chi connectivity index (χ2n) is 13.3. The summed E-state index contributed by atoms with van der Waals surface area (Å²) < 4.78 is 15.6. The maximum Gasteiger partial charge on any atom is 0.255 e. The van der Waals surface area contributed by atoms with Crippen molar-refractivity contribution in [2.45, 2.75) is 90.8 Å². The molecule has 2 N–H and O–H groups in total. The summed E-state index contributed by atoms with van der Waals surface area (Å²) in [5.41, 5.74) is 6.79. The van der Waals surface area contributed by atoms with Gasteiger partial charge in [0.25, 0.3) is 5.91 Å². The number of alkyl halides is 1. The van der Waals surface area contributed by atoms with Crippen LogP contribution < -0.4 is 5.32 Å². The summed E-state index contributed by atoms with van der Waals surface area (Å²) in [6.07, 6.45) is -3.49. The van der Waals surface area contributed by atoms with Crippen LogP contribution in [0.5, 0.6) is 0 Å². The zero-order valence-electron chi connectivity index (χ0n) is 26.3. The van der Waals surface area contributed by atoms with Crippen LogP contribution in [0.15, 0.2) is 48.0 Å². The van der Waals surface area contributed by atoms with Crippen molar-refractivity contribution in [3.8, 4) is 10.4 Å². The average Bonchev–Trinajstić information content (AvgIpc) is 3.63. The summed E-state index contributed by atoms with van der Waals surface area (Å²) in [5, 5.41) is 13.5. The van der Waals surface area contributed by atoms with E-state index in [4.69, 9.17) is 0 Å². The lowest BCUT2D eigenvalue weighted by Gasteiger charge is -2.35. The maximum absolute atomic E-state index is 15.6. The minimum atomic E-state index is -1.97. The second kappa shape index (κ2) is 12.0. The van der Waals surface area contributed by atoms with Crippen molar-refractivity contribution < 1.29 is 23.9 Å². The third-order valence-corrected chi connectivity index (χ3v) is 9.68. The van der Waals surface area contributed by atoms with Crippen LogP contribution in [-0.2, 0) is 21.5 Å². The van der Waals surface area contributed by atoms with Crippen LogP contribution in [0.1, 0.15) is 80.3 Å². The number of β-amino-alcohol motifs (C(OH)–C–C–N with tert-alkyl or cyclic N) is 1. The first-order chi connectivity index (χ1) is 20.7. The molecule has 8 nitrogen and oxygen atoms in total. The molecule has 2 aliphatic rings. The molecule has 0 aliphatic carbocycles. The molecule has 3 aromatic rings. The third kappa shape index (κ3) is 5.77. The number of aliphatic hydroxyl groups excluding tert-OH is 1. The summed E-state index contributed by atoms with van der Waals surface area (Å²) in [7, 11) is 0. The Bertz CT molecular complexity index is 1580. The number of likely N-dealkylation sites (tertiary alicyclic amines) is 1. The molecule has 234 valence electrons. The van der Waals surface area contributed by atoms with Crippen LogP contribution in [0.3, 0.4) is 0 Å². The number of aromatic nitrogens is 1. The van der Waals surface area contributed by atoms with Gasteiger partial charge in [-0.05, 0) is 59.6 Å². The van der Waals surface area contributed by atoms with E-state index in [2.05, 4.69) is 37.1 Å². The van der Waals surface area contributed by atoms with Gasteiger partial charge >= 0.3 is 0 Å². The van der Waals surface area contributed by atoms with Gasteiger partial charge in [0.2, 0.25) is 11.8 Å². The molecular formula is C34H41FN4O4S. The van der Waals surface area contributed by atoms with Gasteiger partial charge in [0.05, 0.1) is 28.7 Å². The van der Waals surface area contributed by atoms with Crippen molar-refractivity contribution in [2.75, 3.05) is 6.54 Å². The fourth-order valence-corrected chi connectivity index (χ4v) is 7.24. The van der Waals surface area contributed by atoms with Gasteiger partial charge in [-0.2, -0.15) is 0 Å². The quantitative estimate of drug-likeness (QED) is 0.379. The smallest absolute Gasteiger partial charge is 0.255 e. The molecule has 2 aliphatic heterocycles. The van der Waals surface area contributed by atoms with E-state index in [1.807, 2.05) is 57.5 Å². The molecule has 0 bridgehead atoms. The molecule has 1 fully saturated rings. The Labute approximate surface area is 262 Å². The monoisotopic (exact) mass is 620 g/mol. The number of nitrogens with one attached hydrogen (secondary N) is 1. The predicted molar refractivity (Wildman–Crippen MR) is 169 cm³/mol. The van der Waals surface area contributed by atoms with Crippen LogP contribution in [0, 0.1) is 12.8 Å². The van der Waals surface area contributed by atoms with Gasteiger partial charge in [0, 0.05) is 12.1 Å². The summed E-state index contributed by atoms with van der Waals surface area (Å²) in [5.74, 6) is -1.82. The first kappa shape index (κ1) is 31.8. The number of hydrogen-bond acceptors (Lipinski definition) is 6. The molecule has 3 heterocycles. The van der Waals surface area contributed by atoms with Crippen LogP contribution in [0.4, 0.5) is 4.39 Å². The SMILES string of the molecule is Cc1ncsc1-c1ccc([C@H](C)NC(=O)[C@@H]2[C@@H](F)[C@@H](O)CN2C(=O)[C@H](C(C)C)N2Cc3ccccc3C2=O)c(C(C)(C)C)c1. The number of carbonyl (C=O) groups is 3. The number of aryl methyl sites for hydroxylation is 1. The average molecular weight is 621 g/mol. The predicted octanol–water partition coefficient (Wildman–Crippen LogP) is 5.18. The largest absolute Gasteiger partial charge is 0.388 e. The molecule has 5 atom stereocenters. The molecule has 0 radical (unpaired) electrons. The zero-order chi connectivity index (χ0) is 32.1. The van der Waals surface area contributed by atoms with E-state index in [1.54, 1.807) is 23.5 Å². The summed E-state index contributed by atoms with van der Waals surface area (Å²) in [6, 6.07) is 10.3. The topological polar surface area (TPSA) is 103 Å². The number of rotatable bonds is 7. The van der Waals surface area contributed by atoms with E-state index in [-0.39, 0.29) is 30.3 Å². The van der Waals surface area contributed by atoms with Crippen molar-refractivity contribution in [3.05, 3.63) is 75.9 Å². The minimum absolute atomic E-state index is 0.250. The fourth-order valence-electron chi connectivity index (χ4n) is 6.44. The number of benzene rings is 2. The number of fused-ring (bicyclic) bond motifs is 1. The molecule has 2 aromatic carbocycles.